The number of hydrogen-bond acceptors (Lipinski definition) is 6. The van der Waals surface area contributed by atoms with E-state index in [-0.39, 0.29) is 17.4 Å². The van der Waals surface area contributed by atoms with Gasteiger partial charge >= 0.3 is 0 Å². The van der Waals surface area contributed by atoms with Crippen LogP contribution in [0.3, 0.4) is 0 Å². The lowest BCUT2D eigenvalue weighted by atomic mass is 9.75. The van der Waals surface area contributed by atoms with E-state index < -0.39 is 0 Å². The van der Waals surface area contributed by atoms with Gasteiger partial charge in [0.15, 0.2) is 0 Å². The van der Waals surface area contributed by atoms with Crippen LogP contribution in [0, 0.1) is 12.8 Å². The molecule has 0 atom stereocenters. The van der Waals surface area contributed by atoms with Gasteiger partial charge in [-0.25, -0.2) is 4.98 Å². The van der Waals surface area contributed by atoms with Crippen molar-refractivity contribution in [3.05, 3.63) is 54.2 Å². The minimum atomic E-state index is -0.299. The molecule has 1 saturated carbocycles. The maximum Gasteiger partial charge on any atom is 0.257 e. The molecule has 1 aliphatic carbocycles. The number of carbonyl (C=O) groups excluding carboxylic acids is 2. The van der Waals surface area contributed by atoms with E-state index in [0.717, 1.165) is 29.1 Å². The lowest BCUT2D eigenvalue weighted by Crippen LogP contribution is -2.45. The number of nitrogens with zero attached hydrogens (tertiary/aromatic N) is 5. The molecule has 184 valence electrons. The third-order valence-electron chi connectivity index (χ3n) is 7.40. The molecule has 6 heterocycles. The van der Waals surface area contributed by atoms with Crippen LogP contribution in [-0.2, 0) is 11.8 Å². The second kappa shape index (κ2) is 8.27. The highest BCUT2D eigenvalue weighted by atomic mass is 16.2. The second-order valence-electron chi connectivity index (χ2n) is 10.3. The van der Waals surface area contributed by atoms with E-state index in [4.69, 9.17) is 0 Å². The molecule has 3 fully saturated rings. The van der Waals surface area contributed by atoms with Crippen molar-refractivity contribution in [1.82, 2.24) is 29.6 Å². The summed E-state index contributed by atoms with van der Waals surface area (Å²) in [4.78, 5) is 40.0. The largest absolute Gasteiger partial charge is 0.339 e. The van der Waals surface area contributed by atoms with Crippen LogP contribution in [0.2, 0.25) is 0 Å². The highest BCUT2D eigenvalue weighted by Crippen LogP contribution is 2.49. The standard InChI is InChI=1S/C26H28N8O2/c1-15-21(6-20(11-27-15)30-23(35)14-34-12-16-7-26(34,2)8-16)32-25(36)18-4-17-5-22(31-24(17)28-9-18)19-10-29-33(3)13-19/h4-6,9-11,13,16H,7-8,12,14H2,1-3H3,(H,28,31)(H,30,35)(H,32,36). The average Bonchev–Trinajstić information content (AvgIpc) is 3.57. The van der Waals surface area contributed by atoms with Crippen LogP contribution in [0.15, 0.2) is 43.0 Å². The maximum absolute atomic E-state index is 13.0. The van der Waals surface area contributed by atoms with Gasteiger partial charge in [-0.2, -0.15) is 5.10 Å². The Morgan fingerprint density at radius 3 is 2.69 bits per heavy atom. The molecule has 0 radical (unpaired) electrons. The number of amides is 2. The summed E-state index contributed by atoms with van der Waals surface area (Å²) in [6.45, 7) is 5.39. The number of nitrogens with one attached hydrogen (secondary N) is 3. The van der Waals surface area contributed by atoms with Gasteiger partial charge in [-0.3, -0.25) is 24.2 Å². The normalized spacial score (nSPS) is 20.9. The molecular weight excluding hydrogens is 456 g/mol. The predicted molar refractivity (Wildman–Crippen MR) is 137 cm³/mol. The lowest BCUT2D eigenvalue weighted by molar-refractivity contribution is -0.118. The van der Waals surface area contributed by atoms with Crippen molar-refractivity contribution in [1.29, 1.82) is 0 Å². The van der Waals surface area contributed by atoms with Crippen molar-refractivity contribution in [2.75, 3.05) is 23.7 Å². The number of H-pyrrole nitrogens is 1. The average molecular weight is 485 g/mol. The molecule has 2 saturated heterocycles. The maximum atomic E-state index is 13.0. The first-order valence-electron chi connectivity index (χ1n) is 12.1. The van der Waals surface area contributed by atoms with Crippen molar-refractivity contribution >= 4 is 34.2 Å². The fourth-order valence-corrected chi connectivity index (χ4v) is 5.51. The van der Waals surface area contributed by atoms with Crippen LogP contribution in [0.5, 0.6) is 0 Å². The second-order valence-corrected chi connectivity index (χ2v) is 10.3. The van der Waals surface area contributed by atoms with E-state index in [1.165, 1.54) is 19.0 Å². The number of rotatable bonds is 6. The summed E-state index contributed by atoms with van der Waals surface area (Å²) in [6.07, 6.45) is 9.19. The van der Waals surface area contributed by atoms with Gasteiger partial charge in [0.05, 0.1) is 47.3 Å². The van der Waals surface area contributed by atoms with Gasteiger partial charge in [0.1, 0.15) is 5.65 Å². The number of hydrogen-bond donors (Lipinski definition) is 3. The molecule has 36 heavy (non-hydrogen) atoms. The lowest BCUT2D eigenvalue weighted by Gasteiger charge is -2.38. The van der Waals surface area contributed by atoms with Gasteiger partial charge in [-0.1, -0.05) is 0 Å². The Morgan fingerprint density at radius 1 is 1.14 bits per heavy atom. The van der Waals surface area contributed by atoms with Crippen LogP contribution in [0.1, 0.15) is 35.8 Å². The summed E-state index contributed by atoms with van der Waals surface area (Å²) in [6, 6.07) is 5.49. The molecule has 3 N–H and O–H groups in total. The Bertz CT molecular complexity index is 1500. The number of aromatic nitrogens is 5. The number of fused-ring (bicyclic) bond motifs is 2. The van der Waals surface area contributed by atoms with Gasteiger partial charge in [0, 0.05) is 42.5 Å². The Morgan fingerprint density at radius 2 is 1.97 bits per heavy atom. The number of anilines is 2. The van der Waals surface area contributed by atoms with E-state index in [1.54, 1.807) is 29.2 Å². The highest BCUT2D eigenvalue weighted by Gasteiger charge is 2.52. The van der Waals surface area contributed by atoms with E-state index in [2.05, 4.69) is 42.5 Å². The fraction of sp³-hybridized carbons (Fsp3) is 0.346. The fourth-order valence-electron chi connectivity index (χ4n) is 5.51. The molecule has 2 bridgehead atoms. The van der Waals surface area contributed by atoms with E-state index in [0.29, 0.717) is 34.8 Å². The SMILES string of the molecule is Cc1ncc(NC(=O)CN2CC3CC2(C)C3)cc1NC(=O)c1cnc2[nH]c(-c3cnn(C)c3)cc2c1. The summed E-state index contributed by atoms with van der Waals surface area (Å²) in [5, 5.41) is 10.9. The smallest absolute Gasteiger partial charge is 0.257 e. The molecule has 10 nitrogen and oxygen atoms in total. The zero-order valence-corrected chi connectivity index (χ0v) is 20.5. The molecule has 7 rings (SSSR count). The molecule has 4 aromatic heterocycles. The van der Waals surface area contributed by atoms with Crippen molar-refractivity contribution < 1.29 is 9.59 Å². The number of carbonyl (C=O) groups is 2. The molecule has 0 aromatic carbocycles. The first kappa shape index (κ1) is 22.4. The first-order chi connectivity index (χ1) is 17.3. The van der Waals surface area contributed by atoms with Crippen molar-refractivity contribution in [3.8, 4) is 11.3 Å². The van der Waals surface area contributed by atoms with E-state index in [9.17, 15) is 9.59 Å². The molecular formula is C26H28N8O2. The number of aromatic amines is 1. The molecule has 4 aromatic rings. The summed E-state index contributed by atoms with van der Waals surface area (Å²) in [5.41, 5.74) is 4.86. The zero-order valence-electron chi connectivity index (χ0n) is 20.5. The first-order valence-corrected chi connectivity index (χ1v) is 12.1. The topological polar surface area (TPSA) is 121 Å². The quantitative estimate of drug-likeness (QED) is 0.386. The van der Waals surface area contributed by atoms with Gasteiger partial charge in [-0.05, 0) is 50.8 Å². The third kappa shape index (κ3) is 4.03. The minimum Gasteiger partial charge on any atom is -0.339 e. The molecule has 10 heteroatoms. The Balaban J connectivity index is 1.15. The third-order valence-corrected chi connectivity index (χ3v) is 7.40. The summed E-state index contributed by atoms with van der Waals surface area (Å²) >= 11 is 0. The van der Waals surface area contributed by atoms with Crippen LogP contribution >= 0.6 is 0 Å². The van der Waals surface area contributed by atoms with Gasteiger partial charge in [-0.15, -0.1) is 0 Å². The van der Waals surface area contributed by atoms with Crippen molar-refractivity contribution in [2.24, 2.45) is 13.0 Å². The Kier molecular flexibility index (Phi) is 5.15. The van der Waals surface area contributed by atoms with E-state index in [1.807, 2.05) is 26.2 Å². The van der Waals surface area contributed by atoms with Crippen molar-refractivity contribution in [3.63, 3.8) is 0 Å². The van der Waals surface area contributed by atoms with Crippen molar-refractivity contribution in [2.45, 2.75) is 32.2 Å². The molecule has 0 spiro atoms. The van der Waals surface area contributed by atoms with Crippen LogP contribution in [-0.4, -0.2) is 60.1 Å². The van der Waals surface area contributed by atoms with Crippen LogP contribution < -0.4 is 10.6 Å². The monoisotopic (exact) mass is 484 g/mol. The summed E-state index contributed by atoms with van der Waals surface area (Å²) < 4.78 is 1.73. The molecule has 2 aliphatic heterocycles. The summed E-state index contributed by atoms with van der Waals surface area (Å²) in [5.74, 6) is 0.359. The van der Waals surface area contributed by atoms with Gasteiger partial charge in [0.25, 0.3) is 5.91 Å². The highest BCUT2D eigenvalue weighted by molar-refractivity contribution is 6.06. The molecule has 0 unspecified atom stereocenters. The number of pyridine rings is 2. The molecule has 3 aliphatic rings. The van der Waals surface area contributed by atoms with Gasteiger partial charge in [0.2, 0.25) is 5.91 Å². The minimum absolute atomic E-state index is 0.0711. The Hall–Kier alpha value is -4.05. The molecule has 2 amide bonds. The Labute approximate surface area is 208 Å². The number of aryl methyl sites for hydroxylation is 2. The van der Waals surface area contributed by atoms with Crippen LogP contribution in [0.4, 0.5) is 11.4 Å². The predicted octanol–water partition coefficient (Wildman–Crippen LogP) is 3.34. The van der Waals surface area contributed by atoms with Gasteiger partial charge < -0.3 is 15.6 Å². The van der Waals surface area contributed by atoms with Crippen LogP contribution in [0.25, 0.3) is 22.3 Å². The zero-order chi connectivity index (χ0) is 25.0. The summed E-state index contributed by atoms with van der Waals surface area (Å²) in [7, 11) is 1.86. The van der Waals surface area contributed by atoms with E-state index >= 15 is 0 Å².